The molecule has 0 amide bonds. The number of rotatable bonds is 2. The maximum Gasteiger partial charge on any atom is 0.159 e. The third kappa shape index (κ3) is 2.04. The molecule has 2 aromatic rings. The fourth-order valence-electron chi connectivity index (χ4n) is 4.51. The lowest BCUT2D eigenvalue weighted by Gasteiger charge is -2.47. The van der Waals surface area contributed by atoms with Crippen LogP contribution in [0.5, 0.6) is 0 Å². The Hall–Kier alpha value is -2.12. The van der Waals surface area contributed by atoms with Gasteiger partial charge in [0, 0.05) is 42.5 Å². The van der Waals surface area contributed by atoms with E-state index in [1.54, 1.807) is 0 Å². The van der Waals surface area contributed by atoms with Gasteiger partial charge in [-0.25, -0.2) is 0 Å². The zero-order valence-corrected chi connectivity index (χ0v) is 13.3. The van der Waals surface area contributed by atoms with E-state index in [-0.39, 0.29) is 0 Å². The number of nitrogens with zero attached hydrogens (tertiary/aromatic N) is 2. The molecule has 0 bridgehead atoms. The summed E-state index contributed by atoms with van der Waals surface area (Å²) in [5.41, 5.74) is 3.01. The van der Waals surface area contributed by atoms with Crippen LogP contribution in [0.3, 0.4) is 0 Å². The number of fused-ring (bicyclic) bond motifs is 4. The Morgan fingerprint density at radius 2 is 2.13 bits per heavy atom. The van der Waals surface area contributed by atoms with E-state index in [1.165, 1.54) is 10.9 Å². The first-order valence-corrected chi connectivity index (χ1v) is 8.53. The summed E-state index contributed by atoms with van der Waals surface area (Å²) in [5.74, 6) is 0.328. The molecule has 1 aromatic heterocycles. The van der Waals surface area contributed by atoms with Gasteiger partial charge in [0.25, 0.3) is 0 Å². The summed E-state index contributed by atoms with van der Waals surface area (Å²) in [5, 5.41) is 10.2. The SMILES string of the molecule is N#CCCN1CCc2c([nH]c3ccccc23)C12CCCCC2=O. The summed E-state index contributed by atoms with van der Waals surface area (Å²) in [4.78, 5) is 18.9. The molecule has 4 heteroatoms. The van der Waals surface area contributed by atoms with Crippen molar-refractivity contribution in [2.75, 3.05) is 13.1 Å². The van der Waals surface area contributed by atoms with Gasteiger partial charge in [0.2, 0.25) is 0 Å². The molecular formula is C19H21N3O. The molecule has 2 heterocycles. The van der Waals surface area contributed by atoms with Crippen LogP contribution in [0, 0.1) is 11.3 Å². The highest BCUT2D eigenvalue weighted by Gasteiger charge is 2.50. The first-order chi connectivity index (χ1) is 11.3. The number of ketones is 1. The summed E-state index contributed by atoms with van der Waals surface area (Å²) in [6.45, 7) is 1.54. The van der Waals surface area contributed by atoms with E-state index in [2.05, 4.69) is 34.2 Å². The summed E-state index contributed by atoms with van der Waals surface area (Å²) >= 11 is 0. The lowest BCUT2D eigenvalue weighted by atomic mass is 9.73. The third-order valence-electron chi connectivity index (χ3n) is 5.55. The smallest absolute Gasteiger partial charge is 0.159 e. The van der Waals surface area contributed by atoms with Gasteiger partial charge in [-0.2, -0.15) is 5.26 Å². The van der Waals surface area contributed by atoms with Crippen molar-refractivity contribution in [3.05, 3.63) is 35.5 Å². The molecule has 1 N–H and O–H groups in total. The molecule has 4 rings (SSSR count). The quantitative estimate of drug-likeness (QED) is 0.926. The maximum absolute atomic E-state index is 13.0. The van der Waals surface area contributed by atoms with E-state index in [1.807, 2.05) is 6.07 Å². The number of aromatic nitrogens is 1. The number of carbonyl (C=O) groups excluding carboxylic acids is 1. The van der Waals surface area contributed by atoms with Crippen LogP contribution in [0.25, 0.3) is 10.9 Å². The van der Waals surface area contributed by atoms with Crippen molar-refractivity contribution in [3.8, 4) is 6.07 Å². The van der Waals surface area contributed by atoms with Crippen molar-refractivity contribution in [3.63, 3.8) is 0 Å². The average molecular weight is 307 g/mol. The van der Waals surface area contributed by atoms with Crippen molar-refractivity contribution < 1.29 is 4.79 Å². The lowest BCUT2D eigenvalue weighted by molar-refractivity contribution is -0.136. The van der Waals surface area contributed by atoms with Gasteiger partial charge < -0.3 is 4.98 Å². The predicted molar refractivity (Wildman–Crippen MR) is 89.0 cm³/mol. The fourth-order valence-corrected chi connectivity index (χ4v) is 4.51. The van der Waals surface area contributed by atoms with Gasteiger partial charge >= 0.3 is 0 Å². The number of benzene rings is 1. The van der Waals surface area contributed by atoms with Gasteiger partial charge in [0.05, 0.1) is 6.07 Å². The van der Waals surface area contributed by atoms with Crippen molar-refractivity contribution in [2.24, 2.45) is 0 Å². The first-order valence-electron chi connectivity index (χ1n) is 8.53. The van der Waals surface area contributed by atoms with Crippen LogP contribution < -0.4 is 0 Å². The van der Waals surface area contributed by atoms with Gasteiger partial charge in [-0.3, -0.25) is 9.69 Å². The summed E-state index contributed by atoms with van der Waals surface area (Å²) in [6, 6.07) is 10.6. The zero-order chi connectivity index (χ0) is 15.9. The van der Waals surface area contributed by atoms with Crippen molar-refractivity contribution in [1.29, 1.82) is 5.26 Å². The number of nitrogens with one attached hydrogen (secondary N) is 1. The van der Waals surface area contributed by atoms with Crippen LogP contribution in [0.4, 0.5) is 0 Å². The molecule has 1 saturated carbocycles. The Labute approximate surface area is 136 Å². The van der Waals surface area contributed by atoms with Crippen LogP contribution >= 0.6 is 0 Å². The molecular weight excluding hydrogens is 286 g/mol. The van der Waals surface area contributed by atoms with E-state index < -0.39 is 5.54 Å². The topological polar surface area (TPSA) is 59.9 Å². The fraction of sp³-hybridized carbons (Fsp3) is 0.474. The van der Waals surface area contributed by atoms with Crippen molar-refractivity contribution in [1.82, 2.24) is 9.88 Å². The molecule has 1 aliphatic heterocycles. The second-order valence-corrected chi connectivity index (χ2v) is 6.66. The Balaban J connectivity index is 1.90. The van der Waals surface area contributed by atoms with Gasteiger partial charge in [0.1, 0.15) is 5.54 Å². The van der Waals surface area contributed by atoms with Crippen molar-refractivity contribution in [2.45, 2.75) is 44.1 Å². The first kappa shape index (κ1) is 14.5. The van der Waals surface area contributed by atoms with Crippen LogP contribution in [-0.2, 0) is 16.8 Å². The number of Topliss-reactive ketones (excluding diaryl/α,β-unsaturated/α-hetero) is 1. The van der Waals surface area contributed by atoms with Gasteiger partial charge in [-0.15, -0.1) is 0 Å². The lowest BCUT2D eigenvalue weighted by Crippen LogP contribution is -2.57. The number of hydrogen-bond acceptors (Lipinski definition) is 3. The number of hydrogen-bond donors (Lipinski definition) is 1. The highest BCUT2D eigenvalue weighted by Crippen LogP contribution is 2.45. The molecule has 2 aliphatic rings. The monoisotopic (exact) mass is 307 g/mol. The second-order valence-electron chi connectivity index (χ2n) is 6.66. The molecule has 23 heavy (non-hydrogen) atoms. The molecule has 1 spiro atoms. The highest BCUT2D eigenvalue weighted by atomic mass is 16.1. The van der Waals surface area contributed by atoms with Crippen LogP contribution in [0.2, 0.25) is 0 Å². The minimum absolute atomic E-state index is 0.328. The number of H-pyrrole nitrogens is 1. The molecule has 1 unspecified atom stereocenters. The summed E-state index contributed by atoms with van der Waals surface area (Å²) in [6.07, 6.45) is 5.01. The molecule has 4 nitrogen and oxygen atoms in total. The van der Waals surface area contributed by atoms with E-state index in [4.69, 9.17) is 5.26 Å². The maximum atomic E-state index is 13.0. The third-order valence-corrected chi connectivity index (χ3v) is 5.55. The molecule has 1 fully saturated rings. The average Bonchev–Trinajstić information content (AvgIpc) is 2.96. The Kier molecular flexibility index (Phi) is 3.46. The Morgan fingerprint density at radius 3 is 2.96 bits per heavy atom. The molecule has 0 radical (unpaired) electrons. The normalized spacial score (nSPS) is 24.7. The minimum atomic E-state index is -0.526. The number of para-hydroxylation sites is 1. The minimum Gasteiger partial charge on any atom is -0.356 e. The zero-order valence-electron chi connectivity index (χ0n) is 13.3. The van der Waals surface area contributed by atoms with Gasteiger partial charge in [-0.1, -0.05) is 24.6 Å². The predicted octanol–water partition coefficient (Wildman–Crippen LogP) is 3.28. The van der Waals surface area contributed by atoms with E-state index in [0.717, 1.165) is 43.4 Å². The van der Waals surface area contributed by atoms with E-state index >= 15 is 0 Å². The van der Waals surface area contributed by atoms with E-state index in [0.29, 0.717) is 25.2 Å². The van der Waals surface area contributed by atoms with Crippen molar-refractivity contribution >= 4 is 16.7 Å². The number of carbonyl (C=O) groups is 1. The van der Waals surface area contributed by atoms with Crippen LogP contribution in [0.1, 0.15) is 43.4 Å². The van der Waals surface area contributed by atoms with E-state index in [9.17, 15) is 4.79 Å². The summed E-state index contributed by atoms with van der Waals surface area (Å²) in [7, 11) is 0. The van der Waals surface area contributed by atoms with Crippen LogP contribution in [-0.4, -0.2) is 28.8 Å². The second kappa shape index (κ2) is 5.50. The molecule has 0 saturated heterocycles. The number of nitriles is 1. The molecule has 118 valence electrons. The Bertz CT molecular complexity index is 801. The Morgan fingerprint density at radius 1 is 1.26 bits per heavy atom. The molecule has 1 aliphatic carbocycles. The standard InChI is InChI=1S/C19H21N3O/c20-11-5-12-22-13-9-15-14-6-1-2-7-16(14)21-18(15)19(22)10-4-3-8-17(19)23/h1-2,6-7,21H,3-5,8-10,12-13H2. The molecule has 1 aromatic carbocycles. The summed E-state index contributed by atoms with van der Waals surface area (Å²) < 4.78 is 0. The number of aromatic amines is 1. The van der Waals surface area contributed by atoms with Gasteiger partial charge in [0.15, 0.2) is 5.78 Å². The largest absolute Gasteiger partial charge is 0.356 e. The van der Waals surface area contributed by atoms with Crippen LogP contribution in [0.15, 0.2) is 24.3 Å². The molecule has 1 atom stereocenters. The van der Waals surface area contributed by atoms with Gasteiger partial charge in [-0.05, 0) is 30.9 Å². The highest BCUT2D eigenvalue weighted by molar-refractivity contribution is 5.94.